The molecule has 3 rings (SSSR count). The van der Waals surface area contributed by atoms with Crippen LogP contribution in [-0.4, -0.2) is 24.1 Å². The maximum atomic E-state index is 12.4. The first-order valence-electron chi connectivity index (χ1n) is 7.24. The standard InChI is InChI=1S/C13H21N3O2S2/c1-8-2-4-9(5-3-8)15-13-11(12(14)16-19-13)20(17,18)10-6-7-10/h8-10,15H,2-7H2,1H3,(H2,14,16). The highest BCUT2D eigenvalue weighted by Gasteiger charge is 2.41. The van der Waals surface area contributed by atoms with Crippen LogP contribution in [0, 0.1) is 5.92 Å². The molecule has 0 saturated heterocycles. The molecule has 0 atom stereocenters. The number of nitrogens with zero attached hydrogens (tertiary/aromatic N) is 1. The number of hydrogen-bond donors (Lipinski definition) is 2. The highest BCUT2D eigenvalue weighted by Crippen LogP contribution is 2.41. The fourth-order valence-electron chi connectivity index (χ4n) is 2.80. The second kappa shape index (κ2) is 5.18. The summed E-state index contributed by atoms with van der Waals surface area (Å²) >= 11 is 1.18. The molecule has 1 aromatic rings. The van der Waals surface area contributed by atoms with E-state index in [1.165, 1.54) is 24.4 Å². The van der Waals surface area contributed by atoms with Crippen molar-refractivity contribution in [3.63, 3.8) is 0 Å². The molecule has 1 aromatic heterocycles. The van der Waals surface area contributed by atoms with Crippen LogP contribution in [0.4, 0.5) is 10.8 Å². The zero-order valence-corrected chi connectivity index (χ0v) is 13.3. The second-order valence-corrected chi connectivity index (χ2v) is 9.01. The van der Waals surface area contributed by atoms with E-state index in [9.17, 15) is 8.42 Å². The second-order valence-electron chi connectivity index (χ2n) is 6.07. The fourth-order valence-corrected chi connectivity index (χ4v) is 5.75. The molecule has 0 amide bonds. The third-order valence-corrected chi connectivity index (χ3v) is 7.53. The molecule has 112 valence electrons. The number of sulfone groups is 1. The van der Waals surface area contributed by atoms with Gasteiger partial charge in [-0.1, -0.05) is 6.92 Å². The summed E-state index contributed by atoms with van der Waals surface area (Å²) in [6.07, 6.45) is 6.05. The monoisotopic (exact) mass is 315 g/mol. The van der Waals surface area contributed by atoms with Crippen molar-refractivity contribution < 1.29 is 8.42 Å². The molecule has 0 unspecified atom stereocenters. The highest BCUT2D eigenvalue weighted by molar-refractivity contribution is 7.92. The van der Waals surface area contributed by atoms with Crippen LogP contribution in [0.1, 0.15) is 45.4 Å². The molecule has 0 aliphatic heterocycles. The lowest BCUT2D eigenvalue weighted by atomic mass is 9.87. The van der Waals surface area contributed by atoms with Gasteiger partial charge in [-0.15, -0.1) is 0 Å². The Kier molecular flexibility index (Phi) is 3.66. The molecule has 0 bridgehead atoms. The Labute approximate surface area is 124 Å². The van der Waals surface area contributed by atoms with E-state index in [0.717, 1.165) is 31.6 Å². The molecule has 3 N–H and O–H groups in total. The number of nitrogens with one attached hydrogen (secondary N) is 1. The molecule has 2 fully saturated rings. The zero-order chi connectivity index (χ0) is 14.3. The minimum Gasteiger partial charge on any atom is -0.382 e. The van der Waals surface area contributed by atoms with Crippen LogP contribution in [0.15, 0.2) is 4.90 Å². The lowest BCUT2D eigenvalue weighted by Crippen LogP contribution is -2.25. The Hall–Kier alpha value is -0.820. The predicted octanol–water partition coefficient (Wildman–Crippen LogP) is 2.65. The van der Waals surface area contributed by atoms with Crippen molar-refractivity contribution in [1.29, 1.82) is 0 Å². The molecular weight excluding hydrogens is 294 g/mol. The summed E-state index contributed by atoms with van der Waals surface area (Å²) in [5, 5.41) is 3.78. The number of rotatable bonds is 4. The van der Waals surface area contributed by atoms with E-state index in [1.54, 1.807) is 0 Å². The average Bonchev–Trinajstić information content (AvgIpc) is 3.18. The molecule has 7 heteroatoms. The number of anilines is 2. The van der Waals surface area contributed by atoms with Gasteiger partial charge in [-0.05, 0) is 56.0 Å². The first-order valence-corrected chi connectivity index (χ1v) is 9.56. The Morgan fingerprint density at radius 1 is 1.20 bits per heavy atom. The van der Waals surface area contributed by atoms with Gasteiger partial charge in [0.25, 0.3) is 0 Å². The summed E-state index contributed by atoms with van der Waals surface area (Å²) in [6.45, 7) is 2.27. The minimum absolute atomic E-state index is 0.161. The van der Waals surface area contributed by atoms with Gasteiger partial charge < -0.3 is 11.1 Å². The molecule has 1 heterocycles. The summed E-state index contributed by atoms with van der Waals surface area (Å²) in [4.78, 5) is 0.253. The largest absolute Gasteiger partial charge is 0.382 e. The van der Waals surface area contributed by atoms with Gasteiger partial charge in [0.2, 0.25) is 0 Å². The Morgan fingerprint density at radius 2 is 1.85 bits per heavy atom. The lowest BCUT2D eigenvalue weighted by Gasteiger charge is -2.27. The molecule has 5 nitrogen and oxygen atoms in total. The fraction of sp³-hybridized carbons (Fsp3) is 0.769. The summed E-state index contributed by atoms with van der Waals surface area (Å²) in [7, 11) is -3.28. The molecular formula is C13H21N3O2S2. The van der Waals surface area contributed by atoms with Gasteiger partial charge in [-0.25, -0.2) is 8.42 Å². The molecule has 20 heavy (non-hydrogen) atoms. The van der Waals surface area contributed by atoms with Crippen LogP contribution in [0.3, 0.4) is 0 Å². The van der Waals surface area contributed by atoms with Gasteiger partial charge in [0.1, 0.15) is 9.90 Å². The lowest BCUT2D eigenvalue weighted by molar-refractivity contribution is 0.361. The smallest absolute Gasteiger partial charge is 0.187 e. The van der Waals surface area contributed by atoms with Crippen LogP contribution >= 0.6 is 11.5 Å². The van der Waals surface area contributed by atoms with Crippen molar-refractivity contribution in [3.05, 3.63) is 0 Å². The van der Waals surface area contributed by atoms with Gasteiger partial charge >= 0.3 is 0 Å². The van der Waals surface area contributed by atoms with Crippen molar-refractivity contribution in [2.75, 3.05) is 11.1 Å². The average molecular weight is 315 g/mol. The molecule has 0 spiro atoms. The Morgan fingerprint density at radius 3 is 2.45 bits per heavy atom. The molecule has 2 saturated carbocycles. The molecule has 0 radical (unpaired) electrons. The number of hydrogen-bond acceptors (Lipinski definition) is 6. The summed E-state index contributed by atoms with van der Waals surface area (Å²) in [6, 6.07) is 0.346. The van der Waals surface area contributed by atoms with Gasteiger partial charge in [0, 0.05) is 6.04 Å². The number of aromatic nitrogens is 1. The summed E-state index contributed by atoms with van der Waals surface area (Å²) < 4.78 is 28.9. The number of nitrogens with two attached hydrogens (primary N) is 1. The topological polar surface area (TPSA) is 85.1 Å². The van der Waals surface area contributed by atoms with E-state index in [0.29, 0.717) is 11.0 Å². The van der Waals surface area contributed by atoms with Crippen molar-refractivity contribution >= 4 is 32.2 Å². The Bertz CT molecular complexity index is 585. The van der Waals surface area contributed by atoms with Crippen LogP contribution in [0.25, 0.3) is 0 Å². The third-order valence-electron chi connectivity index (χ3n) is 4.27. The van der Waals surface area contributed by atoms with Crippen molar-refractivity contribution in [2.45, 2.75) is 61.6 Å². The van der Waals surface area contributed by atoms with Gasteiger partial charge in [0.05, 0.1) is 5.25 Å². The predicted molar refractivity (Wildman–Crippen MR) is 81.8 cm³/mol. The molecule has 2 aliphatic rings. The zero-order valence-electron chi connectivity index (χ0n) is 11.6. The van der Waals surface area contributed by atoms with Crippen LogP contribution in [0.2, 0.25) is 0 Å². The van der Waals surface area contributed by atoms with Crippen molar-refractivity contribution in [1.82, 2.24) is 4.37 Å². The normalized spacial score (nSPS) is 27.4. The third kappa shape index (κ3) is 2.65. The van der Waals surface area contributed by atoms with E-state index in [2.05, 4.69) is 16.6 Å². The minimum atomic E-state index is -3.28. The maximum Gasteiger partial charge on any atom is 0.187 e. The van der Waals surface area contributed by atoms with Crippen LogP contribution < -0.4 is 11.1 Å². The van der Waals surface area contributed by atoms with Gasteiger partial charge in [0.15, 0.2) is 15.7 Å². The number of nitrogen functional groups attached to an aromatic ring is 1. The first kappa shape index (κ1) is 14.1. The quantitative estimate of drug-likeness (QED) is 0.892. The van der Waals surface area contributed by atoms with E-state index in [1.807, 2.05) is 0 Å². The Balaban J connectivity index is 1.80. The van der Waals surface area contributed by atoms with Crippen LogP contribution in [0.5, 0.6) is 0 Å². The van der Waals surface area contributed by atoms with E-state index < -0.39 is 9.84 Å². The van der Waals surface area contributed by atoms with Crippen molar-refractivity contribution in [3.8, 4) is 0 Å². The van der Waals surface area contributed by atoms with E-state index in [-0.39, 0.29) is 16.0 Å². The molecule has 2 aliphatic carbocycles. The van der Waals surface area contributed by atoms with Crippen molar-refractivity contribution in [2.24, 2.45) is 5.92 Å². The maximum absolute atomic E-state index is 12.4. The first-order chi connectivity index (χ1) is 9.48. The van der Waals surface area contributed by atoms with E-state index >= 15 is 0 Å². The van der Waals surface area contributed by atoms with Gasteiger partial charge in [-0.3, -0.25) is 0 Å². The SMILES string of the molecule is CC1CCC(Nc2snc(N)c2S(=O)(=O)C2CC2)CC1. The van der Waals surface area contributed by atoms with Gasteiger partial charge in [-0.2, -0.15) is 4.37 Å². The highest BCUT2D eigenvalue weighted by atomic mass is 32.2. The summed E-state index contributed by atoms with van der Waals surface area (Å²) in [5.74, 6) is 0.933. The molecule has 0 aromatic carbocycles. The van der Waals surface area contributed by atoms with Crippen LogP contribution in [-0.2, 0) is 9.84 Å². The summed E-state index contributed by atoms with van der Waals surface area (Å²) in [5.41, 5.74) is 5.80. The van der Waals surface area contributed by atoms with E-state index in [4.69, 9.17) is 5.73 Å².